The molecule has 0 radical (unpaired) electrons. The average molecular weight is 305 g/mol. The summed E-state index contributed by atoms with van der Waals surface area (Å²) in [5, 5.41) is 2.45. The van der Waals surface area contributed by atoms with E-state index in [0.717, 1.165) is 13.8 Å². The molecule has 2 rings (SSSR count). The fraction of sp³-hybridized carbons (Fsp3) is 0.125. The molecule has 0 saturated heterocycles. The Morgan fingerprint density at radius 3 is 3.00 bits per heavy atom. The van der Waals surface area contributed by atoms with Crippen LogP contribution in [0.4, 0.5) is 0 Å². The van der Waals surface area contributed by atoms with E-state index >= 15 is 0 Å². The van der Waals surface area contributed by atoms with Crippen LogP contribution in [0.25, 0.3) is 9.88 Å². The van der Waals surface area contributed by atoms with E-state index in [9.17, 15) is 4.79 Å². The Hall–Kier alpha value is -0.790. The third kappa shape index (κ3) is 2.24. The smallest absolute Gasteiger partial charge is 0.357 e. The maximum atomic E-state index is 11.2. The molecule has 0 atom stereocenters. The molecule has 0 spiro atoms. The van der Waals surface area contributed by atoms with Gasteiger partial charge in [-0.3, -0.25) is 0 Å². The maximum Gasteiger partial charge on any atom is 0.357 e. The number of carbonyl (C=O) groups excluding carboxylic acids is 1. The Kier molecular flexibility index (Phi) is 3.13. The lowest BCUT2D eigenvalue weighted by molar-refractivity contribution is 0.0595. The van der Waals surface area contributed by atoms with Gasteiger partial charge in [0.05, 0.1) is 12.0 Å². The number of hydrogen-bond acceptors (Lipinski definition) is 6. The van der Waals surface area contributed by atoms with Crippen LogP contribution in [0.1, 0.15) is 10.5 Å². The Labute approximate surface area is 102 Å². The van der Waals surface area contributed by atoms with Crippen LogP contribution in [0.2, 0.25) is 0 Å². The van der Waals surface area contributed by atoms with Crippen molar-refractivity contribution in [3.63, 3.8) is 0 Å². The van der Waals surface area contributed by atoms with Gasteiger partial charge in [-0.25, -0.2) is 14.8 Å². The lowest BCUT2D eigenvalue weighted by Crippen LogP contribution is -2.00. The van der Waals surface area contributed by atoms with Gasteiger partial charge in [-0.15, -0.1) is 22.7 Å². The first-order valence-corrected chi connectivity index (χ1v) is 6.35. The number of halogens is 1. The fourth-order valence-electron chi connectivity index (χ4n) is 0.937. The van der Waals surface area contributed by atoms with Crippen LogP contribution in [-0.2, 0) is 4.74 Å². The summed E-state index contributed by atoms with van der Waals surface area (Å²) in [6.45, 7) is 0. The Balaban J connectivity index is 2.31. The topological polar surface area (TPSA) is 52.1 Å². The van der Waals surface area contributed by atoms with Crippen molar-refractivity contribution in [1.29, 1.82) is 0 Å². The molecular weight excluding hydrogens is 300 g/mol. The van der Waals surface area contributed by atoms with E-state index in [-0.39, 0.29) is 0 Å². The molecule has 0 fully saturated rings. The highest BCUT2D eigenvalue weighted by Crippen LogP contribution is 2.31. The van der Waals surface area contributed by atoms with E-state index in [1.165, 1.54) is 29.8 Å². The Bertz CT molecular complexity index is 494. The van der Waals surface area contributed by atoms with Gasteiger partial charge in [0.25, 0.3) is 0 Å². The van der Waals surface area contributed by atoms with Crippen molar-refractivity contribution >= 4 is 44.6 Å². The van der Waals surface area contributed by atoms with Crippen molar-refractivity contribution < 1.29 is 9.53 Å². The zero-order valence-electron chi connectivity index (χ0n) is 7.56. The van der Waals surface area contributed by atoms with Crippen LogP contribution in [0.3, 0.4) is 0 Å². The predicted octanol–water partition coefficient (Wildman–Crippen LogP) is 2.82. The minimum absolute atomic E-state index is 0.335. The quantitative estimate of drug-likeness (QED) is 0.801. The van der Waals surface area contributed by atoms with Crippen LogP contribution in [-0.4, -0.2) is 23.0 Å². The number of hydrogen-bond donors (Lipinski definition) is 0. The number of thiazole rings is 2. The monoisotopic (exact) mass is 304 g/mol. The van der Waals surface area contributed by atoms with Crippen molar-refractivity contribution in [3.05, 3.63) is 21.2 Å². The van der Waals surface area contributed by atoms with Gasteiger partial charge in [-0.05, 0) is 15.9 Å². The molecule has 2 heterocycles. The van der Waals surface area contributed by atoms with E-state index in [1.54, 1.807) is 11.6 Å². The molecule has 0 N–H and O–H groups in total. The summed E-state index contributed by atoms with van der Waals surface area (Å²) in [4.78, 5) is 20.3. The first-order valence-electron chi connectivity index (χ1n) is 3.86. The third-order valence-corrected chi connectivity index (χ3v) is 4.07. The van der Waals surface area contributed by atoms with Gasteiger partial charge in [0.1, 0.15) is 5.01 Å². The molecule has 0 aromatic carbocycles. The molecular formula is C8H5BrN2O2S2. The van der Waals surface area contributed by atoms with Crippen molar-refractivity contribution in [1.82, 2.24) is 9.97 Å². The Morgan fingerprint density at radius 2 is 2.40 bits per heavy atom. The van der Waals surface area contributed by atoms with E-state index in [2.05, 4.69) is 30.6 Å². The number of methoxy groups -OCH3 is 1. The number of carbonyl (C=O) groups is 1. The number of nitrogens with zero attached hydrogens (tertiary/aromatic N) is 2. The lowest BCUT2D eigenvalue weighted by atomic mass is 10.5. The second-order valence-corrected chi connectivity index (χ2v) is 5.67. The molecule has 7 heteroatoms. The van der Waals surface area contributed by atoms with Gasteiger partial charge in [-0.1, -0.05) is 0 Å². The highest BCUT2D eigenvalue weighted by atomic mass is 79.9. The molecule has 0 bridgehead atoms. The first kappa shape index (κ1) is 10.7. The average Bonchev–Trinajstić information content (AvgIpc) is 2.84. The van der Waals surface area contributed by atoms with Crippen molar-refractivity contribution in [2.45, 2.75) is 0 Å². The first-order chi connectivity index (χ1) is 7.20. The summed E-state index contributed by atoms with van der Waals surface area (Å²) in [7, 11) is 1.34. The third-order valence-electron chi connectivity index (χ3n) is 1.59. The molecule has 0 aliphatic rings. The number of esters is 1. The van der Waals surface area contributed by atoms with Crippen LogP contribution in [0, 0.1) is 0 Å². The van der Waals surface area contributed by atoms with E-state index in [4.69, 9.17) is 0 Å². The van der Waals surface area contributed by atoms with Gasteiger partial charge < -0.3 is 4.74 Å². The summed E-state index contributed by atoms with van der Waals surface area (Å²) >= 11 is 6.14. The molecule has 0 aliphatic carbocycles. The van der Waals surface area contributed by atoms with Crippen molar-refractivity contribution in [2.75, 3.05) is 7.11 Å². The number of ether oxygens (including phenoxy) is 1. The van der Waals surface area contributed by atoms with Crippen LogP contribution >= 0.6 is 38.6 Å². The molecule has 0 amide bonds. The zero-order valence-corrected chi connectivity index (χ0v) is 10.8. The molecule has 4 nitrogen and oxygen atoms in total. The highest BCUT2D eigenvalue weighted by Gasteiger charge is 2.13. The van der Waals surface area contributed by atoms with Gasteiger partial charge in [0, 0.05) is 11.6 Å². The van der Waals surface area contributed by atoms with Gasteiger partial charge in [0.2, 0.25) is 0 Å². The van der Waals surface area contributed by atoms with Gasteiger partial charge >= 0.3 is 5.97 Å². The van der Waals surface area contributed by atoms with Crippen molar-refractivity contribution in [3.8, 4) is 9.88 Å². The second-order valence-electron chi connectivity index (χ2n) is 2.51. The van der Waals surface area contributed by atoms with Gasteiger partial charge in [-0.2, -0.15) is 0 Å². The van der Waals surface area contributed by atoms with Crippen LogP contribution < -0.4 is 0 Å². The zero-order chi connectivity index (χ0) is 10.8. The highest BCUT2D eigenvalue weighted by molar-refractivity contribution is 9.11. The summed E-state index contributed by atoms with van der Waals surface area (Å²) in [6.07, 6.45) is 1.72. The molecule has 0 aliphatic heterocycles. The second kappa shape index (κ2) is 4.38. The molecule has 78 valence electrons. The Morgan fingerprint density at radius 1 is 1.60 bits per heavy atom. The largest absolute Gasteiger partial charge is 0.464 e. The number of rotatable bonds is 2. The predicted molar refractivity (Wildman–Crippen MR) is 62.3 cm³/mol. The molecule has 0 saturated carbocycles. The normalized spacial score (nSPS) is 10.3. The fourth-order valence-corrected chi connectivity index (χ4v) is 3.05. The van der Waals surface area contributed by atoms with E-state index in [1.807, 2.05) is 0 Å². The molecule has 15 heavy (non-hydrogen) atoms. The summed E-state index contributed by atoms with van der Waals surface area (Å²) in [6, 6.07) is 0. The molecule has 2 aromatic rings. The minimum Gasteiger partial charge on any atom is -0.464 e. The minimum atomic E-state index is -0.416. The van der Waals surface area contributed by atoms with E-state index < -0.39 is 5.97 Å². The standard InChI is InChI=1S/C8H5BrN2O2S2/c1-13-7(12)4-3-14-6(11-4)5-2-10-8(9)15-5/h2-3H,1H3. The summed E-state index contributed by atoms with van der Waals surface area (Å²) in [5.74, 6) is -0.416. The molecule has 2 aromatic heterocycles. The van der Waals surface area contributed by atoms with Crippen molar-refractivity contribution in [2.24, 2.45) is 0 Å². The van der Waals surface area contributed by atoms with Gasteiger partial charge in [0.15, 0.2) is 9.61 Å². The maximum absolute atomic E-state index is 11.2. The SMILES string of the molecule is COC(=O)c1csc(-c2cnc(Br)s2)n1. The lowest BCUT2D eigenvalue weighted by Gasteiger charge is -1.91. The number of aromatic nitrogens is 2. The molecule has 0 unspecified atom stereocenters. The van der Waals surface area contributed by atoms with E-state index in [0.29, 0.717) is 5.69 Å². The summed E-state index contributed by atoms with van der Waals surface area (Å²) < 4.78 is 5.37. The van der Waals surface area contributed by atoms with Crippen LogP contribution in [0.5, 0.6) is 0 Å². The van der Waals surface area contributed by atoms with Crippen LogP contribution in [0.15, 0.2) is 15.5 Å². The summed E-state index contributed by atoms with van der Waals surface area (Å²) in [5.41, 5.74) is 0.335.